The van der Waals surface area contributed by atoms with Crippen LogP contribution in [0.3, 0.4) is 0 Å². The first-order valence-electron chi connectivity index (χ1n) is 7.09. The standard InChI is InChI=1S/C16H14IN3O6/c1-25-13-6-9(3-4-12(13)17)16(22)19-18-8-10-5-11(20(23)24)7-14(26-2)15(10)21/h3-8,21H,1-2H3,(H,19,22)/b18-8-. The molecule has 0 aromatic heterocycles. The number of nitro groups is 1. The van der Waals surface area contributed by atoms with Crippen LogP contribution in [-0.4, -0.2) is 36.4 Å². The van der Waals surface area contributed by atoms with Crippen molar-refractivity contribution in [3.63, 3.8) is 0 Å². The van der Waals surface area contributed by atoms with Crippen LogP contribution < -0.4 is 14.9 Å². The summed E-state index contributed by atoms with van der Waals surface area (Å²) in [5.41, 5.74) is 2.34. The molecule has 136 valence electrons. The molecule has 0 radical (unpaired) electrons. The monoisotopic (exact) mass is 471 g/mol. The summed E-state index contributed by atoms with van der Waals surface area (Å²) in [6, 6.07) is 7.07. The minimum atomic E-state index is -0.629. The third kappa shape index (κ3) is 4.39. The van der Waals surface area contributed by atoms with E-state index in [9.17, 15) is 20.0 Å². The van der Waals surface area contributed by atoms with Gasteiger partial charge in [-0.1, -0.05) is 0 Å². The van der Waals surface area contributed by atoms with E-state index < -0.39 is 10.8 Å². The van der Waals surface area contributed by atoms with E-state index in [0.717, 1.165) is 21.9 Å². The molecule has 2 aromatic rings. The highest BCUT2D eigenvalue weighted by atomic mass is 127. The van der Waals surface area contributed by atoms with Crippen LogP contribution in [0.15, 0.2) is 35.4 Å². The van der Waals surface area contributed by atoms with E-state index in [-0.39, 0.29) is 22.7 Å². The second-order valence-electron chi connectivity index (χ2n) is 4.89. The second-order valence-corrected chi connectivity index (χ2v) is 6.05. The van der Waals surface area contributed by atoms with Crippen molar-refractivity contribution >= 4 is 40.4 Å². The van der Waals surface area contributed by atoms with Gasteiger partial charge in [0.2, 0.25) is 0 Å². The lowest BCUT2D eigenvalue weighted by atomic mass is 10.1. The molecule has 9 nitrogen and oxygen atoms in total. The lowest BCUT2D eigenvalue weighted by Crippen LogP contribution is -2.17. The van der Waals surface area contributed by atoms with Crippen LogP contribution in [-0.2, 0) is 0 Å². The van der Waals surface area contributed by atoms with Gasteiger partial charge >= 0.3 is 0 Å². The first-order chi connectivity index (χ1) is 12.4. The Balaban J connectivity index is 2.21. The zero-order valence-electron chi connectivity index (χ0n) is 13.7. The minimum absolute atomic E-state index is 0.0246. The van der Waals surface area contributed by atoms with E-state index in [1.807, 2.05) is 0 Å². The normalized spacial score (nSPS) is 10.6. The van der Waals surface area contributed by atoms with Crippen molar-refractivity contribution in [3.8, 4) is 17.2 Å². The lowest BCUT2D eigenvalue weighted by molar-refractivity contribution is -0.385. The van der Waals surface area contributed by atoms with Gasteiger partial charge in [-0.15, -0.1) is 0 Å². The first kappa shape index (κ1) is 19.4. The summed E-state index contributed by atoms with van der Waals surface area (Å²) in [6.07, 6.45) is 1.09. The number of nitrogens with zero attached hydrogens (tertiary/aromatic N) is 2. The SMILES string of the molecule is COc1cc(C(=O)N/N=C\c2cc([N+](=O)[O-])cc(OC)c2O)ccc1I. The van der Waals surface area contributed by atoms with Crippen LogP contribution >= 0.6 is 22.6 Å². The van der Waals surface area contributed by atoms with Crippen molar-refractivity contribution in [1.29, 1.82) is 0 Å². The van der Waals surface area contributed by atoms with Crippen molar-refractivity contribution in [3.05, 3.63) is 55.1 Å². The maximum absolute atomic E-state index is 12.1. The number of nitro benzene ring substituents is 1. The number of phenolic OH excluding ortho intramolecular Hbond substituents is 1. The number of halogens is 1. The van der Waals surface area contributed by atoms with E-state index >= 15 is 0 Å². The van der Waals surface area contributed by atoms with E-state index in [1.54, 1.807) is 18.2 Å². The van der Waals surface area contributed by atoms with Crippen molar-refractivity contribution < 1.29 is 24.3 Å². The van der Waals surface area contributed by atoms with Crippen molar-refractivity contribution in [2.24, 2.45) is 5.10 Å². The second kappa shape index (κ2) is 8.47. The summed E-state index contributed by atoms with van der Waals surface area (Å²) in [5.74, 6) is -0.363. The molecule has 0 aliphatic rings. The number of nitrogens with one attached hydrogen (secondary N) is 1. The minimum Gasteiger partial charge on any atom is -0.504 e. The zero-order chi connectivity index (χ0) is 19.3. The summed E-state index contributed by atoms with van der Waals surface area (Å²) in [5, 5.41) is 24.7. The molecular formula is C16H14IN3O6. The molecule has 0 saturated heterocycles. The molecule has 0 bridgehead atoms. The highest BCUT2D eigenvalue weighted by Crippen LogP contribution is 2.33. The first-order valence-corrected chi connectivity index (χ1v) is 8.17. The predicted molar refractivity (Wildman–Crippen MR) is 102 cm³/mol. The third-order valence-electron chi connectivity index (χ3n) is 3.30. The zero-order valence-corrected chi connectivity index (χ0v) is 15.9. The number of hydrogen-bond donors (Lipinski definition) is 2. The number of non-ortho nitro benzene ring substituents is 1. The van der Waals surface area contributed by atoms with Gasteiger partial charge in [0.15, 0.2) is 11.5 Å². The van der Waals surface area contributed by atoms with E-state index in [0.29, 0.717) is 11.3 Å². The largest absolute Gasteiger partial charge is 0.504 e. The van der Waals surface area contributed by atoms with Crippen LogP contribution in [0, 0.1) is 13.7 Å². The molecule has 1 amide bonds. The highest BCUT2D eigenvalue weighted by Gasteiger charge is 2.16. The highest BCUT2D eigenvalue weighted by molar-refractivity contribution is 14.1. The van der Waals surface area contributed by atoms with Gasteiger partial charge in [0.1, 0.15) is 5.75 Å². The van der Waals surface area contributed by atoms with Gasteiger partial charge in [0.25, 0.3) is 11.6 Å². The maximum atomic E-state index is 12.1. The van der Waals surface area contributed by atoms with Gasteiger partial charge in [-0.3, -0.25) is 14.9 Å². The molecule has 2 N–H and O–H groups in total. The molecule has 0 aliphatic carbocycles. The Hall–Kier alpha value is -2.89. The number of hydrazone groups is 1. The van der Waals surface area contributed by atoms with Gasteiger partial charge in [-0.2, -0.15) is 5.10 Å². The van der Waals surface area contributed by atoms with Crippen molar-refractivity contribution in [2.75, 3.05) is 14.2 Å². The van der Waals surface area contributed by atoms with E-state index in [1.165, 1.54) is 14.2 Å². The van der Waals surface area contributed by atoms with Crippen molar-refractivity contribution in [2.45, 2.75) is 0 Å². The average molecular weight is 471 g/mol. The number of ether oxygens (including phenoxy) is 2. The number of aromatic hydroxyl groups is 1. The number of benzene rings is 2. The summed E-state index contributed by atoms with van der Waals surface area (Å²) in [6.45, 7) is 0. The molecule has 0 unspecified atom stereocenters. The summed E-state index contributed by atoms with van der Waals surface area (Å²) in [7, 11) is 2.77. The molecule has 0 aliphatic heterocycles. The molecule has 0 fully saturated rings. The van der Waals surface area contributed by atoms with Gasteiger partial charge < -0.3 is 14.6 Å². The quantitative estimate of drug-likeness (QED) is 0.289. The molecule has 0 saturated carbocycles. The Kier molecular flexibility index (Phi) is 6.33. The number of amides is 1. The predicted octanol–water partition coefficient (Wildman–Crippen LogP) is 2.69. The number of carbonyl (C=O) groups excluding carboxylic acids is 1. The van der Waals surface area contributed by atoms with Gasteiger partial charge in [-0.05, 0) is 40.8 Å². The number of hydrogen-bond acceptors (Lipinski definition) is 7. The number of rotatable bonds is 6. The molecule has 10 heteroatoms. The van der Waals surface area contributed by atoms with Crippen LogP contribution in [0.4, 0.5) is 5.69 Å². The van der Waals surface area contributed by atoms with Gasteiger partial charge in [0.05, 0.1) is 35.0 Å². The fourth-order valence-corrected chi connectivity index (χ4v) is 2.56. The Morgan fingerprint density at radius 1 is 1.27 bits per heavy atom. The summed E-state index contributed by atoms with van der Waals surface area (Å²) < 4.78 is 10.9. The molecule has 2 aromatic carbocycles. The maximum Gasteiger partial charge on any atom is 0.274 e. The fourth-order valence-electron chi connectivity index (χ4n) is 2.00. The van der Waals surface area contributed by atoms with Crippen LogP contribution in [0.2, 0.25) is 0 Å². The van der Waals surface area contributed by atoms with Crippen LogP contribution in [0.5, 0.6) is 17.2 Å². The molecule has 2 rings (SSSR count). The van der Waals surface area contributed by atoms with E-state index in [2.05, 4.69) is 33.1 Å². The lowest BCUT2D eigenvalue weighted by Gasteiger charge is -2.07. The van der Waals surface area contributed by atoms with Gasteiger partial charge in [0, 0.05) is 17.2 Å². The third-order valence-corrected chi connectivity index (χ3v) is 4.19. The summed E-state index contributed by atoms with van der Waals surface area (Å²) in [4.78, 5) is 22.4. The smallest absolute Gasteiger partial charge is 0.274 e. The molecule has 0 heterocycles. The molecule has 0 spiro atoms. The number of methoxy groups -OCH3 is 2. The Bertz CT molecular complexity index is 885. The average Bonchev–Trinajstić information content (AvgIpc) is 2.63. The fraction of sp³-hybridized carbons (Fsp3) is 0.125. The van der Waals surface area contributed by atoms with Crippen molar-refractivity contribution in [1.82, 2.24) is 5.43 Å². The molecular weight excluding hydrogens is 457 g/mol. The summed E-state index contributed by atoms with van der Waals surface area (Å²) >= 11 is 2.07. The molecule has 0 atom stereocenters. The van der Waals surface area contributed by atoms with Crippen LogP contribution in [0.25, 0.3) is 0 Å². The van der Waals surface area contributed by atoms with Crippen LogP contribution in [0.1, 0.15) is 15.9 Å². The van der Waals surface area contributed by atoms with E-state index in [4.69, 9.17) is 9.47 Å². The number of carbonyl (C=O) groups is 1. The Morgan fingerprint density at radius 2 is 1.96 bits per heavy atom. The molecule has 26 heavy (non-hydrogen) atoms. The van der Waals surface area contributed by atoms with Gasteiger partial charge in [-0.25, -0.2) is 5.43 Å². The Labute approximate surface area is 161 Å². The number of phenols is 1. The Morgan fingerprint density at radius 3 is 2.58 bits per heavy atom. The topological polar surface area (TPSA) is 123 Å².